The Bertz CT molecular complexity index is 1970. The molecule has 0 saturated heterocycles. The van der Waals surface area contributed by atoms with E-state index in [0.717, 1.165) is 70.2 Å². The molecular weight excluding hydrogens is 685 g/mol. The summed E-state index contributed by atoms with van der Waals surface area (Å²) in [4.78, 5) is 35.1. The topological polar surface area (TPSA) is 181 Å². The van der Waals surface area contributed by atoms with Crippen LogP contribution in [0, 0.1) is 0 Å². The Balaban J connectivity index is 0.000000314. The number of methoxy groups -OCH3 is 1. The Morgan fingerprint density at radius 1 is 0.923 bits per heavy atom. The van der Waals surface area contributed by atoms with Crippen LogP contribution in [-0.2, 0) is 51.4 Å². The van der Waals surface area contributed by atoms with Crippen LogP contribution in [0.1, 0.15) is 84.0 Å². The summed E-state index contributed by atoms with van der Waals surface area (Å²) in [6, 6.07) is 21.0. The summed E-state index contributed by atoms with van der Waals surface area (Å²) in [5.74, 6) is 4.67. The van der Waals surface area contributed by atoms with Gasteiger partial charge in [0.05, 0.1) is 50.5 Å². The van der Waals surface area contributed by atoms with Crippen molar-refractivity contribution in [3.8, 4) is 5.88 Å². The van der Waals surface area contributed by atoms with Gasteiger partial charge < -0.3 is 19.3 Å². The first-order valence-corrected chi connectivity index (χ1v) is 18.0. The molecule has 5 aromatic rings. The number of nitrogens with two attached hydrogens (primary N) is 1. The van der Waals surface area contributed by atoms with Crippen molar-refractivity contribution < 1.29 is 33.7 Å². The van der Waals surface area contributed by atoms with Crippen molar-refractivity contribution in [3.05, 3.63) is 106 Å². The molecule has 1 aliphatic rings. The second-order valence-corrected chi connectivity index (χ2v) is 13.0. The van der Waals surface area contributed by atoms with Gasteiger partial charge in [-0.15, -0.1) is 0 Å². The van der Waals surface area contributed by atoms with Crippen LogP contribution in [0.2, 0.25) is 0 Å². The highest BCUT2D eigenvalue weighted by atomic mass is 32.1. The van der Waals surface area contributed by atoms with Gasteiger partial charge in [0.25, 0.3) is 0 Å². The first kappa shape index (κ1) is 38.1. The van der Waals surface area contributed by atoms with E-state index in [-0.39, 0.29) is 37.9 Å². The van der Waals surface area contributed by atoms with E-state index < -0.39 is 12.1 Å². The standard InChI is InChI=1S/C28H30N4O5S.C10H14N2O2/c1-2-36-28(35)37-27-22(14-18-12-13-23-24(15-18)31-38-30-23)26(19-8-4-3-5-9-19)29-32(27)17-21-11-7-6-10-20(21)16-25(33)34;1-14-10(13)6-8-4-2-3-5-9(8)7-12-11/h6-7,10-13,15,19H,2-5,8-9,14,16-17H2,1H3,(H,33,34);2-5,12H,6-7,11H2,1H3. The largest absolute Gasteiger partial charge is 0.515 e. The summed E-state index contributed by atoms with van der Waals surface area (Å²) in [5, 5.41) is 14.4. The van der Waals surface area contributed by atoms with Crippen molar-refractivity contribution in [2.24, 2.45) is 5.84 Å². The average molecular weight is 729 g/mol. The summed E-state index contributed by atoms with van der Waals surface area (Å²) in [6.45, 7) is 2.74. The monoisotopic (exact) mass is 728 g/mol. The molecule has 0 atom stereocenters. The molecule has 274 valence electrons. The normalized spacial score (nSPS) is 12.9. The van der Waals surface area contributed by atoms with E-state index in [9.17, 15) is 19.5 Å². The summed E-state index contributed by atoms with van der Waals surface area (Å²) < 4.78 is 25.9. The van der Waals surface area contributed by atoms with Gasteiger partial charge in [-0.05, 0) is 59.7 Å². The maximum absolute atomic E-state index is 12.6. The zero-order valence-corrected chi connectivity index (χ0v) is 30.2. The Labute approximate surface area is 306 Å². The molecule has 13 nitrogen and oxygen atoms in total. The summed E-state index contributed by atoms with van der Waals surface area (Å²) >= 11 is 1.18. The minimum absolute atomic E-state index is 0.102. The number of aromatic nitrogens is 4. The molecule has 0 amide bonds. The number of esters is 1. The number of hydrazine groups is 1. The van der Waals surface area contributed by atoms with Gasteiger partial charge in [0.15, 0.2) is 0 Å². The number of ether oxygens (including phenoxy) is 3. The van der Waals surface area contributed by atoms with Crippen LogP contribution >= 0.6 is 11.7 Å². The van der Waals surface area contributed by atoms with Crippen LogP contribution in [0.5, 0.6) is 5.88 Å². The molecule has 6 rings (SSSR count). The molecule has 2 heterocycles. The lowest BCUT2D eigenvalue weighted by Crippen LogP contribution is -2.22. The van der Waals surface area contributed by atoms with E-state index >= 15 is 0 Å². The molecule has 3 aromatic carbocycles. The molecular formula is C38H44N6O7S. The summed E-state index contributed by atoms with van der Waals surface area (Å²) in [5.41, 5.74) is 10.5. The highest BCUT2D eigenvalue weighted by Gasteiger charge is 2.29. The molecule has 0 radical (unpaired) electrons. The van der Waals surface area contributed by atoms with Crippen molar-refractivity contribution in [2.75, 3.05) is 13.7 Å². The molecule has 52 heavy (non-hydrogen) atoms. The highest BCUT2D eigenvalue weighted by Crippen LogP contribution is 2.39. The number of benzene rings is 3. The quantitative estimate of drug-likeness (QED) is 0.0721. The zero-order chi connectivity index (χ0) is 36.9. The lowest BCUT2D eigenvalue weighted by atomic mass is 9.84. The smallest absolute Gasteiger partial charge is 0.481 e. The van der Waals surface area contributed by atoms with E-state index in [1.54, 1.807) is 17.7 Å². The van der Waals surface area contributed by atoms with Crippen LogP contribution in [-0.4, -0.2) is 55.4 Å². The number of nitrogens with zero attached hydrogens (tertiary/aromatic N) is 4. The number of fused-ring (bicyclic) bond motifs is 1. The van der Waals surface area contributed by atoms with Crippen molar-refractivity contribution in [1.29, 1.82) is 0 Å². The number of hydrogen-bond acceptors (Lipinski definition) is 12. The van der Waals surface area contributed by atoms with Crippen LogP contribution in [0.4, 0.5) is 4.79 Å². The number of aliphatic carboxylic acids is 1. The third-order valence-electron chi connectivity index (χ3n) is 8.92. The molecule has 1 fully saturated rings. The number of carboxylic acid groups (broad SMARTS) is 1. The number of nitrogens with one attached hydrogen (secondary N) is 1. The van der Waals surface area contributed by atoms with E-state index in [0.29, 0.717) is 24.4 Å². The van der Waals surface area contributed by atoms with Gasteiger partial charge in [-0.3, -0.25) is 20.9 Å². The highest BCUT2D eigenvalue weighted by molar-refractivity contribution is 7.00. The molecule has 0 unspecified atom stereocenters. The molecule has 0 bridgehead atoms. The van der Waals surface area contributed by atoms with E-state index in [2.05, 4.69) is 18.9 Å². The molecule has 0 aliphatic heterocycles. The predicted octanol–water partition coefficient (Wildman–Crippen LogP) is 6.10. The third-order valence-corrected chi connectivity index (χ3v) is 9.47. The van der Waals surface area contributed by atoms with Gasteiger partial charge >= 0.3 is 18.1 Å². The fourth-order valence-electron chi connectivity index (χ4n) is 6.41. The molecule has 1 saturated carbocycles. The fourth-order valence-corrected chi connectivity index (χ4v) is 6.93. The Hall–Kier alpha value is -5.18. The van der Waals surface area contributed by atoms with Crippen molar-refractivity contribution in [1.82, 2.24) is 24.0 Å². The van der Waals surface area contributed by atoms with Crippen molar-refractivity contribution in [3.63, 3.8) is 0 Å². The second-order valence-electron chi connectivity index (χ2n) is 12.5. The lowest BCUT2D eigenvalue weighted by molar-refractivity contribution is -0.140. The third kappa shape index (κ3) is 10.2. The predicted molar refractivity (Wildman–Crippen MR) is 196 cm³/mol. The van der Waals surface area contributed by atoms with E-state index in [1.165, 1.54) is 25.3 Å². The molecule has 4 N–H and O–H groups in total. The minimum atomic E-state index is -0.906. The SMILES string of the molecule is CCOC(=O)Oc1c(Cc2ccc3nsnc3c2)c(C2CCCCC2)nn1Cc1ccccc1CC(=O)O.COC(=O)Cc1ccccc1CNN. The fraction of sp³-hybridized carbons (Fsp3) is 0.368. The molecule has 0 spiro atoms. The number of hydrogen-bond donors (Lipinski definition) is 3. The lowest BCUT2D eigenvalue weighted by Gasteiger charge is -2.21. The van der Waals surface area contributed by atoms with E-state index in [1.807, 2.05) is 60.7 Å². The Kier molecular flexibility index (Phi) is 13.8. The van der Waals surface area contributed by atoms with Crippen LogP contribution in [0.3, 0.4) is 0 Å². The first-order valence-electron chi connectivity index (χ1n) is 17.3. The van der Waals surface area contributed by atoms with Crippen molar-refractivity contribution in [2.45, 2.75) is 77.3 Å². The van der Waals surface area contributed by atoms with Gasteiger partial charge in [-0.1, -0.05) is 73.9 Å². The zero-order valence-electron chi connectivity index (χ0n) is 29.4. The van der Waals surface area contributed by atoms with Crippen LogP contribution in [0.25, 0.3) is 11.0 Å². The summed E-state index contributed by atoms with van der Waals surface area (Å²) in [6.07, 6.45) is 5.40. The Morgan fingerprint density at radius 3 is 2.27 bits per heavy atom. The van der Waals surface area contributed by atoms with Crippen LogP contribution in [0.15, 0.2) is 66.7 Å². The van der Waals surface area contributed by atoms with Crippen molar-refractivity contribution >= 4 is 40.9 Å². The molecule has 14 heteroatoms. The molecule has 1 aliphatic carbocycles. The number of carbonyl (C=O) groups is 3. The summed E-state index contributed by atoms with van der Waals surface area (Å²) in [7, 11) is 1.38. The van der Waals surface area contributed by atoms with Gasteiger partial charge in [-0.25, -0.2) is 9.48 Å². The van der Waals surface area contributed by atoms with Gasteiger partial charge in [0.2, 0.25) is 5.88 Å². The number of carboxylic acids is 1. The minimum Gasteiger partial charge on any atom is -0.481 e. The van der Waals surface area contributed by atoms with Gasteiger partial charge in [-0.2, -0.15) is 13.8 Å². The molecule has 2 aromatic heterocycles. The Morgan fingerprint density at radius 2 is 1.60 bits per heavy atom. The number of rotatable bonds is 13. The van der Waals surface area contributed by atoms with E-state index in [4.69, 9.17) is 20.4 Å². The maximum Gasteiger partial charge on any atom is 0.515 e. The average Bonchev–Trinajstić information content (AvgIpc) is 3.75. The van der Waals surface area contributed by atoms with Gasteiger partial charge in [0, 0.05) is 24.4 Å². The maximum atomic E-state index is 12.6. The van der Waals surface area contributed by atoms with Gasteiger partial charge in [0.1, 0.15) is 11.0 Å². The first-order chi connectivity index (χ1) is 25.3. The van der Waals surface area contributed by atoms with Crippen LogP contribution < -0.4 is 16.0 Å². The second kappa shape index (κ2) is 18.9. The number of carbonyl (C=O) groups excluding carboxylic acids is 2.